The quantitative estimate of drug-likeness (QED) is 0.843. The Hall–Kier alpha value is -2.37. The minimum atomic E-state index is -0.433. The predicted molar refractivity (Wildman–Crippen MR) is 64.2 cm³/mol. The van der Waals surface area contributed by atoms with Crippen molar-refractivity contribution in [1.29, 1.82) is 0 Å². The predicted octanol–water partition coefficient (Wildman–Crippen LogP) is 0.910. The number of H-pyrrole nitrogens is 1. The lowest BCUT2D eigenvalue weighted by atomic mass is 10.2. The third-order valence-corrected chi connectivity index (χ3v) is 2.41. The van der Waals surface area contributed by atoms with E-state index in [1.807, 2.05) is 0 Å². The number of rotatable bonds is 3. The summed E-state index contributed by atoms with van der Waals surface area (Å²) in [6.07, 6.45) is 0. The van der Waals surface area contributed by atoms with Gasteiger partial charge in [0.05, 0.1) is 6.54 Å². The number of hydrogen-bond donors (Lipinski definition) is 2. The number of carbonyl (C=O) groups is 1. The Morgan fingerprint density at radius 3 is 2.83 bits per heavy atom. The molecule has 0 saturated heterocycles. The van der Waals surface area contributed by atoms with Crippen LogP contribution in [-0.4, -0.2) is 16.0 Å². The Morgan fingerprint density at radius 1 is 1.44 bits per heavy atom. The standard InChI is InChI=1S/C12H13N3O3/c1-7-3-4-10(12(17)14-7)11(16)13-6-9-5-8(2)18-15-9/h3-5H,6H2,1-2H3,(H,13,16)(H,14,17). The van der Waals surface area contributed by atoms with Crippen molar-refractivity contribution in [2.75, 3.05) is 0 Å². The molecule has 0 aliphatic carbocycles. The van der Waals surface area contributed by atoms with Gasteiger partial charge in [-0.05, 0) is 26.0 Å². The first kappa shape index (κ1) is 12.1. The summed E-state index contributed by atoms with van der Waals surface area (Å²) < 4.78 is 4.87. The molecule has 0 saturated carbocycles. The average Bonchev–Trinajstić information content (AvgIpc) is 2.72. The maximum atomic E-state index is 11.8. The molecule has 2 aromatic rings. The second-order valence-corrected chi connectivity index (χ2v) is 4.00. The molecule has 0 bridgehead atoms. The first-order valence-electron chi connectivity index (χ1n) is 5.46. The maximum absolute atomic E-state index is 11.8. The van der Waals surface area contributed by atoms with Crippen LogP contribution in [0.5, 0.6) is 0 Å². The highest BCUT2D eigenvalue weighted by Gasteiger charge is 2.10. The highest BCUT2D eigenvalue weighted by molar-refractivity contribution is 5.93. The van der Waals surface area contributed by atoms with Gasteiger partial charge in [-0.3, -0.25) is 9.59 Å². The summed E-state index contributed by atoms with van der Waals surface area (Å²) in [7, 11) is 0. The zero-order valence-electron chi connectivity index (χ0n) is 10.1. The normalized spacial score (nSPS) is 10.3. The monoisotopic (exact) mass is 247 g/mol. The van der Waals surface area contributed by atoms with Crippen LogP contribution in [0, 0.1) is 13.8 Å². The molecule has 0 fully saturated rings. The van der Waals surface area contributed by atoms with Crippen LogP contribution in [0.3, 0.4) is 0 Å². The molecule has 6 nitrogen and oxygen atoms in total. The SMILES string of the molecule is Cc1ccc(C(=O)NCc2cc(C)on2)c(=O)[nH]1. The molecule has 0 atom stereocenters. The van der Waals surface area contributed by atoms with Gasteiger partial charge in [0.25, 0.3) is 11.5 Å². The highest BCUT2D eigenvalue weighted by atomic mass is 16.5. The van der Waals surface area contributed by atoms with Gasteiger partial charge < -0.3 is 14.8 Å². The average molecular weight is 247 g/mol. The summed E-state index contributed by atoms with van der Waals surface area (Å²) in [4.78, 5) is 25.9. The molecule has 0 unspecified atom stereocenters. The fraction of sp³-hybridized carbons (Fsp3) is 0.250. The summed E-state index contributed by atoms with van der Waals surface area (Å²) in [6.45, 7) is 3.74. The van der Waals surface area contributed by atoms with Gasteiger partial charge in [-0.1, -0.05) is 5.16 Å². The molecule has 2 heterocycles. The van der Waals surface area contributed by atoms with Gasteiger partial charge >= 0.3 is 0 Å². The van der Waals surface area contributed by atoms with Gasteiger partial charge in [-0.15, -0.1) is 0 Å². The molecule has 1 amide bonds. The number of aromatic nitrogens is 2. The van der Waals surface area contributed by atoms with Crippen LogP contribution < -0.4 is 10.9 Å². The summed E-state index contributed by atoms with van der Waals surface area (Å²) in [6, 6.07) is 4.90. The van der Waals surface area contributed by atoms with Crippen LogP contribution in [0.2, 0.25) is 0 Å². The van der Waals surface area contributed by atoms with Crippen molar-refractivity contribution in [2.24, 2.45) is 0 Å². The lowest BCUT2D eigenvalue weighted by Gasteiger charge is -2.02. The fourth-order valence-electron chi connectivity index (χ4n) is 1.52. The smallest absolute Gasteiger partial charge is 0.260 e. The first-order valence-corrected chi connectivity index (χ1v) is 5.46. The second-order valence-electron chi connectivity index (χ2n) is 4.00. The highest BCUT2D eigenvalue weighted by Crippen LogP contribution is 2.01. The molecule has 94 valence electrons. The van der Waals surface area contributed by atoms with Gasteiger partial charge in [-0.25, -0.2) is 0 Å². The molecule has 0 radical (unpaired) electrons. The van der Waals surface area contributed by atoms with Crippen molar-refractivity contribution in [2.45, 2.75) is 20.4 Å². The number of amides is 1. The number of nitrogens with one attached hydrogen (secondary N) is 2. The topological polar surface area (TPSA) is 88.0 Å². The Bertz CT molecular complexity index is 627. The molecule has 2 N–H and O–H groups in total. The summed E-state index contributed by atoms with van der Waals surface area (Å²) in [5.74, 6) is 0.240. The lowest BCUT2D eigenvalue weighted by molar-refractivity contribution is 0.0948. The van der Waals surface area contributed by atoms with Crippen LogP contribution in [0.25, 0.3) is 0 Å². The van der Waals surface area contributed by atoms with Crippen molar-refractivity contribution >= 4 is 5.91 Å². The van der Waals surface area contributed by atoms with Crippen LogP contribution in [0.15, 0.2) is 27.5 Å². The molecular formula is C12H13N3O3. The number of aryl methyl sites for hydroxylation is 2. The number of pyridine rings is 1. The molecule has 18 heavy (non-hydrogen) atoms. The lowest BCUT2D eigenvalue weighted by Crippen LogP contribution is -2.29. The third-order valence-electron chi connectivity index (χ3n) is 2.41. The third kappa shape index (κ3) is 2.65. The van der Waals surface area contributed by atoms with E-state index in [0.717, 1.165) is 0 Å². The van der Waals surface area contributed by atoms with E-state index in [-0.39, 0.29) is 12.1 Å². The van der Waals surface area contributed by atoms with E-state index in [9.17, 15) is 9.59 Å². The second kappa shape index (κ2) is 4.87. The summed E-state index contributed by atoms with van der Waals surface area (Å²) >= 11 is 0. The maximum Gasteiger partial charge on any atom is 0.260 e. The van der Waals surface area contributed by atoms with Crippen LogP contribution >= 0.6 is 0 Å². The van der Waals surface area contributed by atoms with Gasteiger partial charge in [0.15, 0.2) is 0 Å². The summed E-state index contributed by atoms with van der Waals surface area (Å²) in [5.41, 5.74) is 1.01. The Balaban J connectivity index is 2.06. The van der Waals surface area contributed by atoms with Crippen molar-refractivity contribution in [3.8, 4) is 0 Å². The molecule has 0 spiro atoms. The van der Waals surface area contributed by atoms with E-state index in [0.29, 0.717) is 17.1 Å². The van der Waals surface area contributed by atoms with Crippen LogP contribution in [-0.2, 0) is 6.54 Å². The number of nitrogens with zero attached hydrogens (tertiary/aromatic N) is 1. The van der Waals surface area contributed by atoms with Crippen LogP contribution in [0.1, 0.15) is 27.5 Å². The molecular weight excluding hydrogens is 234 g/mol. The Kier molecular flexibility index (Phi) is 3.27. The van der Waals surface area contributed by atoms with Crippen molar-refractivity contribution in [3.63, 3.8) is 0 Å². The number of hydrogen-bond acceptors (Lipinski definition) is 4. The molecule has 0 aliphatic heterocycles. The van der Waals surface area contributed by atoms with Gasteiger partial charge in [0, 0.05) is 11.8 Å². The molecule has 6 heteroatoms. The van der Waals surface area contributed by atoms with E-state index in [2.05, 4.69) is 15.5 Å². The fourth-order valence-corrected chi connectivity index (χ4v) is 1.52. The van der Waals surface area contributed by atoms with E-state index in [1.165, 1.54) is 6.07 Å². The Morgan fingerprint density at radius 2 is 2.22 bits per heavy atom. The largest absolute Gasteiger partial charge is 0.361 e. The van der Waals surface area contributed by atoms with E-state index in [4.69, 9.17) is 4.52 Å². The van der Waals surface area contributed by atoms with Crippen molar-refractivity contribution in [3.05, 3.63) is 51.3 Å². The molecule has 0 aromatic carbocycles. The van der Waals surface area contributed by atoms with Gasteiger partial charge in [0.1, 0.15) is 17.0 Å². The zero-order chi connectivity index (χ0) is 13.1. The first-order chi connectivity index (χ1) is 8.56. The van der Waals surface area contributed by atoms with Crippen molar-refractivity contribution < 1.29 is 9.32 Å². The zero-order valence-corrected chi connectivity index (χ0v) is 10.1. The minimum absolute atomic E-state index is 0.0841. The van der Waals surface area contributed by atoms with E-state index >= 15 is 0 Å². The minimum Gasteiger partial charge on any atom is -0.361 e. The van der Waals surface area contributed by atoms with Gasteiger partial charge in [-0.2, -0.15) is 0 Å². The molecule has 2 rings (SSSR count). The molecule has 2 aromatic heterocycles. The number of aromatic amines is 1. The van der Waals surface area contributed by atoms with Crippen LogP contribution in [0.4, 0.5) is 0 Å². The number of carbonyl (C=O) groups excluding carboxylic acids is 1. The summed E-state index contributed by atoms with van der Waals surface area (Å²) in [5, 5.41) is 6.35. The van der Waals surface area contributed by atoms with Crippen molar-refractivity contribution in [1.82, 2.24) is 15.5 Å². The van der Waals surface area contributed by atoms with Gasteiger partial charge in [0.2, 0.25) is 0 Å². The van der Waals surface area contributed by atoms with E-state index in [1.54, 1.807) is 26.0 Å². The Labute approximate surface area is 103 Å². The van der Waals surface area contributed by atoms with E-state index < -0.39 is 11.5 Å². The molecule has 0 aliphatic rings.